The van der Waals surface area contributed by atoms with E-state index in [1.54, 1.807) is 0 Å². The van der Waals surface area contributed by atoms with Crippen LogP contribution in [0.4, 0.5) is 0 Å². The molecule has 0 amide bonds. The number of hydrogen-bond acceptors (Lipinski definition) is 7. The topological polar surface area (TPSA) is 64.6 Å². The molecule has 0 aromatic carbocycles. The monoisotopic (exact) mass is 979 g/mol. The van der Waals surface area contributed by atoms with E-state index in [2.05, 4.69) is 65.8 Å². The minimum Gasteiger partial charge on any atom is -0.353 e. The fourth-order valence-corrected chi connectivity index (χ4v) is 8.60. The van der Waals surface area contributed by atoms with Crippen molar-refractivity contribution in [1.29, 1.82) is 0 Å². The summed E-state index contributed by atoms with van der Waals surface area (Å²) in [5, 5.41) is 0. The first kappa shape index (κ1) is 68.2. The lowest BCUT2D eigenvalue weighted by Gasteiger charge is -2.22. The Bertz CT molecular complexity index is 890. The summed E-state index contributed by atoms with van der Waals surface area (Å²) in [5.41, 5.74) is 0. The molecule has 2 atom stereocenters. The van der Waals surface area contributed by atoms with E-state index in [-0.39, 0.29) is 25.2 Å². The van der Waals surface area contributed by atoms with Gasteiger partial charge in [-0.3, -0.25) is 0 Å². The van der Waals surface area contributed by atoms with Gasteiger partial charge in [0.25, 0.3) is 0 Å². The molecule has 69 heavy (non-hydrogen) atoms. The van der Waals surface area contributed by atoms with Gasteiger partial charge >= 0.3 is 0 Å². The molecule has 0 aliphatic carbocycles. The van der Waals surface area contributed by atoms with Crippen LogP contribution in [0.15, 0.2) is 24.3 Å². The van der Waals surface area contributed by atoms with Crippen molar-refractivity contribution in [3.63, 3.8) is 0 Å². The lowest BCUT2D eigenvalue weighted by atomic mass is 10.1. The van der Waals surface area contributed by atoms with E-state index in [4.69, 9.17) is 33.2 Å². The standard InChI is InChI=1S/C62H122O7/c1-7-13-19-47-57-67-61(51-41-37-33-29-25-21-23-27-31-35-39-49-59(63-53-43-15-9-3)64-54-44-16-10-4)69-62(68-58-48-20-14-8-2)52-42-38-34-30-26-22-24-28-32-36-40-50-60(65-55-45-17-11-5)66-56-46-18-12-6/h41-42,51-52,59-62H,7-40,43-50,53-58H2,1-6H3. The number of rotatable bonds is 60. The molecular formula is C62H122O7. The highest BCUT2D eigenvalue weighted by molar-refractivity contribution is 4.90. The van der Waals surface area contributed by atoms with Gasteiger partial charge in [0.05, 0.1) is 13.2 Å². The summed E-state index contributed by atoms with van der Waals surface area (Å²) < 4.78 is 43.7. The Kier molecular flexibility index (Phi) is 59.1. The number of unbranched alkanes of at least 4 members (excludes halogenated alkanes) is 32. The summed E-state index contributed by atoms with van der Waals surface area (Å²) in [7, 11) is 0. The van der Waals surface area contributed by atoms with Crippen LogP contribution in [-0.4, -0.2) is 64.8 Å². The predicted octanol–water partition coefficient (Wildman–Crippen LogP) is 20.0. The Morgan fingerprint density at radius 2 is 0.478 bits per heavy atom. The Morgan fingerprint density at radius 1 is 0.246 bits per heavy atom. The molecule has 0 aliphatic rings. The van der Waals surface area contributed by atoms with Gasteiger partial charge in [0.2, 0.25) is 0 Å². The third kappa shape index (κ3) is 53.3. The first-order valence-electron chi connectivity index (χ1n) is 30.8. The van der Waals surface area contributed by atoms with Crippen molar-refractivity contribution in [3.8, 4) is 0 Å². The quantitative estimate of drug-likeness (QED) is 0.0342. The molecule has 0 N–H and O–H groups in total. The molecule has 0 rings (SSSR count). The van der Waals surface area contributed by atoms with Gasteiger partial charge in [-0.2, -0.15) is 0 Å². The van der Waals surface area contributed by atoms with E-state index in [0.717, 1.165) is 104 Å². The van der Waals surface area contributed by atoms with Gasteiger partial charge in [-0.25, -0.2) is 0 Å². The van der Waals surface area contributed by atoms with Gasteiger partial charge in [-0.15, -0.1) is 0 Å². The Morgan fingerprint density at radius 3 is 0.783 bits per heavy atom. The molecule has 0 radical (unpaired) electrons. The minimum atomic E-state index is -0.373. The van der Waals surface area contributed by atoms with Crippen molar-refractivity contribution in [2.75, 3.05) is 39.6 Å². The van der Waals surface area contributed by atoms with Gasteiger partial charge < -0.3 is 33.2 Å². The highest BCUT2D eigenvalue weighted by Gasteiger charge is 2.14. The fourth-order valence-electron chi connectivity index (χ4n) is 8.60. The van der Waals surface area contributed by atoms with Crippen LogP contribution in [0, 0.1) is 0 Å². The first-order chi connectivity index (χ1) is 34.1. The molecule has 7 nitrogen and oxygen atoms in total. The van der Waals surface area contributed by atoms with E-state index in [1.807, 2.05) is 0 Å². The van der Waals surface area contributed by atoms with Crippen molar-refractivity contribution >= 4 is 0 Å². The van der Waals surface area contributed by atoms with E-state index in [9.17, 15) is 0 Å². The summed E-state index contributed by atoms with van der Waals surface area (Å²) in [6.45, 7) is 18.3. The molecule has 0 fully saturated rings. The zero-order valence-electron chi connectivity index (χ0n) is 47.4. The molecule has 0 saturated heterocycles. The summed E-state index contributed by atoms with van der Waals surface area (Å²) in [5.74, 6) is 0. The third-order valence-electron chi connectivity index (χ3n) is 13.2. The summed E-state index contributed by atoms with van der Waals surface area (Å²) >= 11 is 0. The molecular weight excluding hydrogens is 857 g/mol. The number of hydrogen-bond donors (Lipinski definition) is 0. The maximum Gasteiger partial charge on any atom is 0.180 e. The van der Waals surface area contributed by atoms with Gasteiger partial charge in [0, 0.05) is 26.4 Å². The summed E-state index contributed by atoms with van der Waals surface area (Å²) in [6.07, 6.45) is 59.8. The van der Waals surface area contributed by atoms with Crippen LogP contribution in [0.5, 0.6) is 0 Å². The van der Waals surface area contributed by atoms with Gasteiger partial charge in [0.1, 0.15) is 0 Å². The molecule has 0 saturated carbocycles. The van der Waals surface area contributed by atoms with Gasteiger partial charge in [-0.05, 0) is 102 Å². The van der Waals surface area contributed by atoms with Crippen LogP contribution in [-0.2, 0) is 33.2 Å². The highest BCUT2D eigenvalue weighted by atomic mass is 16.8. The fraction of sp³-hybridized carbons (Fsp3) is 0.935. The maximum absolute atomic E-state index is 6.55. The first-order valence-corrected chi connectivity index (χ1v) is 30.8. The molecule has 2 unspecified atom stereocenters. The summed E-state index contributed by atoms with van der Waals surface area (Å²) in [4.78, 5) is 0. The lowest BCUT2D eigenvalue weighted by molar-refractivity contribution is -0.208. The molecule has 0 bridgehead atoms. The van der Waals surface area contributed by atoms with Crippen LogP contribution in [0.2, 0.25) is 0 Å². The lowest BCUT2D eigenvalue weighted by Crippen LogP contribution is -2.25. The van der Waals surface area contributed by atoms with E-state index < -0.39 is 0 Å². The van der Waals surface area contributed by atoms with Crippen molar-refractivity contribution < 1.29 is 33.2 Å². The molecule has 0 heterocycles. The average Bonchev–Trinajstić information content (AvgIpc) is 3.36. The molecule has 412 valence electrons. The number of ether oxygens (including phenoxy) is 7. The van der Waals surface area contributed by atoms with Crippen molar-refractivity contribution in [3.05, 3.63) is 24.3 Å². The minimum absolute atomic E-state index is 0.00291. The molecule has 0 aliphatic heterocycles. The summed E-state index contributed by atoms with van der Waals surface area (Å²) in [6, 6.07) is 0. The second-order valence-corrected chi connectivity index (χ2v) is 20.3. The predicted molar refractivity (Wildman–Crippen MR) is 298 cm³/mol. The van der Waals surface area contributed by atoms with Crippen molar-refractivity contribution in [2.24, 2.45) is 0 Å². The SMILES string of the molecule is CCCCCCOC(C=CCCCCCCCCCCCC(OCCCCC)OCCCCC)OC(C=CCCCCCCCCCCCC(OCCCCC)OCCCCC)OCCCCCC. The van der Waals surface area contributed by atoms with Crippen LogP contribution < -0.4 is 0 Å². The van der Waals surface area contributed by atoms with Crippen molar-refractivity contribution in [2.45, 2.75) is 336 Å². The second kappa shape index (κ2) is 59.8. The zero-order valence-corrected chi connectivity index (χ0v) is 47.4. The normalized spacial score (nSPS) is 13.1. The Balaban J connectivity index is 4.62. The molecule has 0 aromatic rings. The zero-order chi connectivity index (χ0) is 50.0. The van der Waals surface area contributed by atoms with Crippen LogP contribution in [0.1, 0.15) is 311 Å². The molecule has 0 aromatic heterocycles. The van der Waals surface area contributed by atoms with E-state index in [1.165, 1.54) is 205 Å². The smallest absolute Gasteiger partial charge is 0.180 e. The average molecular weight is 980 g/mol. The highest BCUT2D eigenvalue weighted by Crippen LogP contribution is 2.18. The largest absolute Gasteiger partial charge is 0.353 e. The number of allylic oxidation sites excluding steroid dienone is 2. The van der Waals surface area contributed by atoms with Gasteiger partial charge in [0.15, 0.2) is 25.2 Å². The Labute approximate surface area is 431 Å². The van der Waals surface area contributed by atoms with Gasteiger partial charge in [-0.1, -0.05) is 233 Å². The maximum atomic E-state index is 6.55. The second-order valence-electron chi connectivity index (χ2n) is 20.3. The van der Waals surface area contributed by atoms with E-state index >= 15 is 0 Å². The molecule has 0 spiro atoms. The van der Waals surface area contributed by atoms with E-state index in [0.29, 0.717) is 0 Å². The van der Waals surface area contributed by atoms with Crippen LogP contribution >= 0.6 is 0 Å². The van der Waals surface area contributed by atoms with Crippen LogP contribution in [0.3, 0.4) is 0 Å². The Hall–Kier alpha value is -0.800. The van der Waals surface area contributed by atoms with Crippen molar-refractivity contribution in [1.82, 2.24) is 0 Å². The van der Waals surface area contributed by atoms with Crippen LogP contribution in [0.25, 0.3) is 0 Å². The molecule has 7 heteroatoms. The third-order valence-corrected chi connectivity index (χ3v) is 13.2.